The van der Waals surface area contributed by atoms with E-state index in [9.17, 15) is 8.42 Å². The third-order valence-electron chi connectivity index (χ3n) is 5.42. The van der Waals surface area contributed by atoms with E-state index in [4.69, 9.17) is 0 Å². The lowest BCUT2D eigenvalue weighted by atomic mass is 9.87. The van der Waals surface area contributed by atoms with Crippen molar-refractivity contribution >= 4 is 21.6 Å². The molecule has 0 fully saturated rings. The van der Waals surface area contributed by atoms with E-state index in [1.54, 1.807) is 28.9 Å². The van der Waals surface area contributed by atoms with E-state index >= 15 is 0 Å². The molecule has 178 valence electrons. The zero-order valence-corrected chi connectivity index (χ0v) is 21.4. The molecule has 2 aromatic carbocycles. The summed E-state index contributed by atoms with van der Waals surface area (Å²) in [5, 5.41) is 21.6. The molecule has 0 aliphatic carbocycles. The highest BCUT2D eigenvalue weighted by Gasteiger charge is 2.18. The topological polar surface area (TPSA) is 108 Å². The monoisotopic (exact) mass is 497 g/mol. The van der Waals surface area contributed by atoms with E-state index in [-0.39, 0.29) is 10.3 Å². The molecule has 0 atom stereocenters. The van der Waals surface area contributed by atoms with Gasteiger partial charge in [0.25, 0.3) is 0 Å². The van der Waals surface area contributed by atoms with Crippen LogP contribution in [0.1, 0.15) is 39.1 Å². The van der Waals surface area contributed by atoms with Crippen LogP contribution in [0.5, 0.6) is 0 Å². The third-order valence-corrected chi connectivity index (χ3v) is 7.51. The first-order valence-corrected chi connectivity index (χ1v) is 13.7. The molecule has 0 spiro atoms. The summed E-state index contributed by atoms with van der Waals surface area (Å²) in [7, 11) is -3.27. The van der Waals surface area contributed by atoms with Crippen molar-refractivity contribution < 1.29 is 8.42 Å². The summed E-state index contributed by atoms with van der Waals surface area (Å²) in [6.07, 6.45) is 1.18. The van der Waals surface area contributed by atoms with Gasteiger partial charge in [0.05, 0.1) is 16.3 Å². The first-order chi connectivity index (χ1) is 16.1. The van der Waals surface area contributed by atoms with Gasteiger partial charge in [-0.2, -0.15) is 4.68 Å². The second-order valence-corrected chi connectivity index (χ2v) is 11.9. The van der Waals surface area contributed by atoms with Crippen molar-refractivity contribution in [2.24, 2.45) is 0 Å². The maximum absolute atomic E-state index is 11.7. The van der Waals surface area contributed by atoms with Crippen LogP contribution in [0, 0.1) is 0 Å². The number of thioether (sulfide) groups is 1. The van der Waals surface area contributed by atoms with Gasteiger partial charge in [0, 0.05) is 18.4 Å². The minimum Gasteiger partial charge on any atom is -0.302 e. The lowest BCUT2D eigenvalue weighted by Gasteiger charge is -2.19. The van der Waals surface area contributed by atoms with Crippen LogP contribution in [0.25, 0.3) is 17.1 Å². The molecule has 0 N–H and O–H groups in total. The van der Waals surface area contributed by atoms with Gasteiger partial charge in [-0.25, -0.2) is 8.42 Å². The molecule has 11 heteroatoms. The second-order valence-electron chi connectivity index (χ2n) is 8.94. The molecule has 0 aliphatic rings. The first-order valence-electron chi connectivity index (χ1n) is 10.8. The van der Waals surface area contributed by atoms with Crippen LogP contribution < -0.4 is 0 Å². The molecule has 2 aromatic heterocycles. The van der Waals surface area contributed by atoms with Crippen molar-refractivity contribution in [3.05, 3.63) is 59.9 Å². The van der Waals surface area contributed by atoms with Crippen LogP contribution >= 0.6 is 11.8 Å². The van der Waals surface area contributed by atoms with Crippen LogP contribution in [-0.4, -0.2) is 49.6 Å². The number of hydrogen-bond donors (Lipinski definition) is 0. The number of hydrogen-bond acceptors (Lipinski definition) is 8. The summed E-state index contributed by atoms with van der Waals surface area (Å²) in [6, 6.07) is 14.9. The summed E-state index contributed by atoms with van der Waals surface area (Å²) in [5.41, 5.74) is 3.06. The van der Waals surface area contributed by atoms with E-state index in [0.717, 1.165) is 23.1 Å². The minimum atomic E-state index is -3.27. The Morgan fingerprint density at radius 2 is 1.62 bits per heavy atom. The summed E-state index contributed by atoms with van der Waals surface area (Å²) in [5.74, 6) is 1.92. The lowest BCUT2D eigenvalue weighted by Crippen LogP contribution is -2.10. The van der Waals surface area contributed by atoms with E-state index < -0.39 is 9.84 Å². The SMILES string of the molecule is CCn1c(SCc2nnnn2-c2ccc(S(C)(=O)=O)cc2)nnc1-c1ccc(C(C)(C)C)cc1. The van der Waals surface area contributed by atoms with Crippen LogP contribution in [0.3, 0.4) is 0 Å². The summed E-state index contributed by atoms with van der Waals surface area (Å²) in [6.45, 7) is 9.37. The highest BCUT2D eigenvalue weighted by atomic mass is 32.2. The number of benzene rings is 2. The van der Waals surface area contributed by atoms with Gasteiger partial charge in [0.2, 0.25) is 0 Å². The Morgan fingerprint density at radius 1 is 0.941 bits per heavy atom. The van der Waals surface area contributed by atoms with Gasteiger partial charge < -0.3 is 4.57 Å². The molecular weight excluding hydrogens is 470 g/mol. The van der Waals surface area contributed by atoms with Gasteiger partial charge in [-0.1, -0.05) is 56.8 Å². The minimum absolute atomic E-state index is 0.0904. The number of rotatable bonds is 7. The highest BCUT2D eigenvalue weighted by molar-refractivity contribution is 7.98. The number of tetrazole rings is 1. The maximum atomic E-state index is 11.7. The molecule has 0 saturated heterocycles. The van der Waals surface area contributed by atoms with E-state index in [0.29, 0.717) is 17.3 Å². The van der Waals surface area contributed by atoms with Gasteiger partial charge in [-0.15, -0.1) is 15.3 Å². The molecule has 4 aromatic rings. The molecule has 0 saturated carbocycles. The molecule has 0 bridgehead atoms. The van der Waals surface area contributed by atoms with Crippen molar-refractivity contribution in [1.29, 1.82) is 0 Å². The normalized spacial score (nSPS) is 12.3. The van der Waals surface area contributed by atoms with Crippen LogP contribution in [-0.2, 0) is 27.5 Å². The van der Waals surface area contributed by atoms with Crippen LogP contribution in [0.4, 0.5) is 0 Å². The predicted octanol–water partition coefficient (Wildman–Crippen LogP) is 3.93. The van der Waals surface area contributed by atoms with Crippen molar-refractivity contribution in [3.8, 4) is 17.1 Å². The van der Waals surface area contributed by atoms with Gasteiger partial charge in [0.1, 0.15) is 0 Å². The van der Waals surface area contributed by atoms with Crippen LogP contribution in [0.15, 0.2) is 58.6 Å². The van der Waals surface area contributed by atoms with Crippen LogP contribution in [0.2, 0.25) is 0 Å². The first kappa shape index (κ1) is 24.1. The Balaban J connectivity index is 1.54. The summed E-state index contributed by atoms with van der Waals surface area (Å²) in [4.78, 5) is 0.249. The molecule has 9 nitrogen and oxygen atoms in total. The third kappa shape index (κ3) is 5.05. The van der Waals surface area contributed by atoms with Crippen molar-refractivity contribution in [2.45, 2.75) is 55.5 Å². The smallest absolute Gasteiger partial charge is 0.191 e. The second kappa shape index (κ2) is 9.30. The maximum Gasteiger partial charge on any atom is 0.191 e. The van der Waals surface area contributed by atoms with E-state index in [1.807, 2.05) is 0 Å². The average molecular weight is 498 g/mol. The highest BCUT2D eigenvalue weighted by Crippen LogP contribution is 2.29. The molecule has 4 rings (SSSR count). The van der Waals surface area contributed by atoms with Crippen molar-refractivity contribution in [2.75, 3.05) is 6.26 Å². The summed E-state index contributed by atoms with van der Waals surface area (Å²) >= 11 is 1.50. The molecule has 0 radical (unpaired) electrons. The molecule has 2 heterocycles. The molecule has 0 unspecified atom stereocenters. The molecule has 0 aliphatic heterocycles. The zero-order chi connectivity index (χ0) is 24.5. The Hall–Kier alpha value is -3.05. The fourth-order valence-electron chi connectivity index (χ4n) is 3.47. The molecular formula is C23H27N7O2S2. The Labute approximate surface area is 203 Å². The number of nitrogens with zero attached hydrogens (tertiary/aromatic N) is 7. The fourth-order valence-corrected chi connectivity index (χ4v) is 5.01. The Morgan fingerprint density at radius 3 is 2.21 bits per heavy atom. The fraction of sp³-hybridized carbons (Fsp3) is 0.348. The Kier molecular flexibility index (Phi) is 6.59. The number of sulfone groups is 1. The molecule has 0 amide bonds. The summed E-state index contributed by atoms with van der Waals surface area (Å²) < 4.78 is 27.1. The average Bonchev–Trinajstić information content (AvgIpc) is 3.43. The van der Waals surface area contributed by atoms with Gasteiger partial charge in [0.15, 0.2) is 26.6 Å². The quantitative estimate of drug-likeness (QED) is 0.353. The van der Waals surface area contributed by atoms with E-state index in [1.165, 1.54) is 23.6 Å². The van der Waals surface area contributed by atoms with Crippen molar-refractivity contribution in [3.63, 3.8) is 0 Å². The van der Waals surface area contributed by atoms with Gasteiger partial charge >= 0.3 is 0 Å². The standard InChI is InChI=1S/C23H27N7O2S2/c1-6-29-21(16-7-9-17(10-8-16)23(2,3)4)25-26-22(29)33-15-20-24-27-28-30(20)18-11-13-19(14-12-18)34(5,31)32/h7-14H,6,15H2,1-5H3. The zero-order valence-electron chi connectivity index (χ0n) is 19.8. The largest absolute Gasteiger partial charge is 0.302 e. The lowest BCUT2D eigenvalue weighted by molar-refractivity contribution is 0.590. The predicted molar refractivity (Wildman–Crippen MR) is 132 cm³/mol. The van der Waals surface area contributed by atoms with E-state index in [2.05, 4.69) is 82.3 Å². The van der Waals surface area contributed by atoms with Crippen molar-refractivity contribution in [1.82, 2.24) is 35.0 Å². The van der Waals surface area contributed by atoms with Gasteiger partial charge in [-0.05, 0) is 52.6 Å². The van der Waals surface area contributed by atoms with Gasteiger partial charge in [-0.3, -0.25) is 0 Å². The Bertz CT molecular complexity index is 1380. The molecule has 34 heavy (non-hydrogen) atoms. The number of aromatic nitrogens is 7.